The third-order valence-corrected chi connectivity index (χ3v) is 2.39. The monoisotopic (exact) mass is 228 g/mol. The molecule has 2 aromatic rings. The van der Waals surface area contributed by atoms with Crippen molar-refractivity contribution in [1.29, 1.82) is 0 Å². The van der Waals surface area contributed by atoms with E-state index in [4.69, 9.17) is 28.9 Å². The molecule has 0 aliphatic heterocycles. The summed E-state index contributed by atoms with van der Waals surface area (Å²) in [6.07, 6.45) is 3.07. The molecule has 1 aromatic carbocycles. The lowest BCUT2D eigenvalue weighted by molar-refractivity contribution is 1.06. The van der Waals surface area contributed by atoms with E-state index in [-0.39, 0.29) is 0 Å². The second-order valence-corrected chi connectivity index (χ2v) is 3.51. The van der Waals surface area contributed by atoms with E-state index in [1.54, 1.807) is 16.7 Å². The molecular formula is C8H6Cl2N4. The molecule has 2 N–H and O–H groups in total. The number of aromatic nitrogens is 3. The Balaban J connectivity index is 2.60. The summed E-state index contributed by atoms with van der Waals surface area (Å²) in [7, 11) is 0. The van der Waals surface area contributed by atoms with Gasteiger partial charge in [-0.15, -0.1) is 10.2 Å². The van der Waals surface area contributed by atoms with Crippen molar-refractivity contribution in [2.75, 3.05) is 5.73 Å². The summed E-state index contributed by atoms with van der Waals surface area (Å²) in [5.74, 6) is 0. The third kappa shape index (κ3) is 1.54. The van der Waals surface area contributed by atoms with Crippen molar-refractivity contribution in [3.63, 3.8) is 0 Å². The molecule has 0 amide bonds. The molecule has 0 unspecified atom stereocenters. The van der Waals surface area contributed by atoms with Crippen molar-refractivity contribution in [2.45, 2.75) is 0 Å². The summed E-state index contributed by atoms with van der Waals surface area (Å²) in [5, 5.41) is 8.31. The zero-order valence-electron chi connectivity index (χ0n) is 6.98. The number of anilines is 1. The Kier molecular flexibility index (Phi) is 2.31. The van der Waals surface area contributed by atoms with Gasteiger partial charge in [-0.2, -0.15) is 0 Å². The Bertz CT molecular complexity index is 453. The van der Waals surface area contributed by atoms with E-state index in [2.05, 4.69) is 10.2 Å². The SMILES string of the molecule is Nc1cc(Cl)c(-n2cnnc2)cc1Cl. The minimum Gasteiger partial charge on any atom is -0.397 e. The van der Waals surface area contributed by atoms with Gasteiger partial charge in [0, 0.05) is 0 Å². The van der Waals surface area contributed by atoms with Crippen LogP contribution in [0.3, 0.4) is 0 Å². The first kappa shape index (κ1) is 9.30. The summed E-state index contributed by atoms with van der Waals surface area (Å²) < 4.78 is 1.66. The number of nitrogens with two attached hydrogens (primary N) is 1. The van der Waals surface area contributed by atoms with Gasteiger partial charge in [0.1, 0.15) is 12.7 Å². The normalized spacial score (nSPS) is 10.4. The zero-order valence-corrected chi connectivity index (χ0v) is 8.50. The lowest BCUT2D eigenvalue weighted by Gasteiger charge is -2.06. The number of rotatable bonds is 1. The number of benzene rings is 1. The molecule has 2 rings (SSSR count). The summed E-state index contributed by atoms with van der Waals surface area (Å²) in [5.41, 5.74) is 6.74. The van der Waals surface area contributed by atoms with E-state index < -0.39 is 0 Å². The maximum absolute atomic E-state index is 5.98. The fourth-order valence-corrected chi connectivity index (χ4v) is 1.50. The van der Waals surface area contributed by atoms with Crippen LogP contribution in [0.15, 0.2) is 24.8 Å². The van der Waals surface area contributed by atoms with Gasteiger partial charge in [0.2, 0.25) is 0 Å². The van der Waals surface area contributed by atoms with Crippen LogP contribution in [0.5, 0.6) is 0 Å². The lowest BCUT2D eigenvalue weighted by atomic mass is 10.3. The predicted octanol–water partition coefficient (Wildman–Crippen LogP) is 2.16. The summed E-state index contributed by atoms with van der Waals surface area (Å²) in [6.45, 7) is 0. The van der Waals surface area contributed by atoms with Gasteiger partial charge in [0.15, 0.2) is 0 Å². The van der Waals surface area contributed by atoms with Gasteiger partial charge in [-0.3, -0.25) is 4.57 Å². The van der Waals surface area contributed by atoms with Crippen LogP contribution >= 0.6 is 23.2 Å². The highest BCUT2D eigenvalue weighted by Gasteiger charge is 2.06. The van der Waals surface area contributed by atoms with Gasteiger partial charge in [-0.05, 0) is 12.1 Å². The molecule has 0 spiro atoms. The van der Waals surface area contributed by atoms with Gasteiger partial charge >= 0.3 is 0 Å². The molecule has 0 aliphatic rings. The number of nitrogen functional groups attached to an aromatic ring is 1. The van der Waals surface area contributed by atoms with Crippen LogP contribution in [-0.4, -0.2) is 14.8 Å². The molecule has 0 radical (unpaired) electrons. The summed E-state index contributed by atoms with van der Waals surface area (Å²) in [6, 6.07) is 3.27. The highest BCUT2D eigenvalue weighted by molar-refractivity contribution is 6.36. The largest absolute Gasteiger partial charge is 0.397 e. The maximum Gasteiger partial charge on any atom is 0.123 e. The molecule has 6 heteroatoms. The molecule has 0 saturated heterocycles. The molecular weight excluding hydrogens is 223 g/mol. The number of hydrogen-bond acceptors (Lipinski definition) is 3. The van der Waals surface area contributed by atoms with Crippen molar-refractivity contribution in [1.82, 2.24) is 14.8 Å². The van der Waals surface area contributed by atoms with Crippen molar-refractivity contribution in [2.24, 2.45) is 0 Å². The maximum atomic E-state index is 5.98. The van der Waals surface area contributed by atoms with Crippen molar-refractivity contribution < 1.29 is 0 Å². The van der Waals surface area contributed by atoms with Crippen LogP contribution in [0.1, 0.15) is 0 Å². The molecule has 4 nitrogen and oxygen atoms in total. The lowest BCUT2D eigenvalue weighted by Crippen LogP contribution is -1.94. The molecule has 0 saturated carbocycles. The summed E-state index contributed by atoms with van der Waals surface area (Å²) in [4.78, 5) is 0. The topological polar surface area (TPSA) is 56.7 Å². The molecule has 0 aliphatic carbocycles. The third-order valence-electron chi connectivity index (χ3n) is 1.76. The van der Waals surface area contributed by atoms with Crippen LogP contribution in [0.25, 0.3) is 5.69 Å². The van der Waals surface area contributed by atoms with Gasteiger partial charge in [0.05, 0.1) is 21.4 Å². The van der Waals surface area contributed by atoms with Crippen molar-refractivity contribution in [3.05, 3.63) is 34.8 Å². The number of nitrogens with zero attached hydrogens (tertiary/aromatic N) is 3. The van der Waals surface area contributed by atoms with Crippen molar-refractivity contribution in [3.8, 4) is 5.69 Å². The average Bonchev–Trinajstić information content (AvgIpc) is 2.64. The molecule has 0 bridgehead atoms. The van der Waals surface area contributed by atoms with E-state index in [9.17, 15) is 0 Å². The smallest absolute Gasteiger partial charge is 0.123 e. The number of halogens is 2. The molecule has 1 aromatic heterocycles. The number of hydrogen-bond donors (Lipinski definition) is 1. The zero-order chi connectivity index (χ0) is 10.1. The van der Waals surface area contributed by atoms with E-state index in [1.807, 2.05) is 0 Å². The van der Waals surface area contributed by atoms with Crippen molar-refractivity contribution >= 4 is 28.9 Å². The van der Waals surface area contributed by atoms with E-state index in [0.29, 0.717) is 21.4 Å². The first-order valence-corrected chi connectivity index (χ1v) is 4.53. The van der Waals surface area contributed by atoms with E-state index >= 15 is 0 Å². The van der Waals surface area contributed by atoms with E-state index in [0.717, 1.165) is 0 Å². The molecule has 1 heterocycles. The highest BCUT2D eigenvalue weighted by atomic mass is 35.5. The predicted molar refractivity (Wildman–Crippen MR) is 55.8 cm³/mol. The second kappa shape index (κ2) is 3.48. The van der Waals surface area contributed by atoms with Crippen LogP contribution in [-0.2, 0) is 0 Å². The first-order valence-electron chi connectivity index (χ1n) is 3.78. The van der Waals surface area contributed by atoms with Crippen LogP contribution in [0.2, 0.25) is 10.0 Å². The Morgan fingerprint density at radius 2 is 1.71 bits per heavy atom. The molecule has 0 atom stereocenters. The highest BCUT2D eigenvalue weighted by Crippen LogP contribution is 2.29. The fraction of sp³-hybridized carbons (Fsp3) is 0. The Morgan fingerprint density at radius 1 is 1.07 bits per heavy atom. The summed E-state index contributed by atoms with van der Waals surface area (Å²) >= 11 is 11.8. The first-order chi connectivity index (χ1) is 6.68. The van der Waals surface area contributed by atoms with E-state index in [1.165, 1.54) is 12.7 Å². The Morgan fingerprint density at radius 3 is 2.36 bits per heavy atom. The standard InChI is InChI=1S/C8H6Cl2N4/c9-5-2-8(6(10)1-7(5)11)14-3-12-13-4-14/h1-4H,11H2. The van der Waals surface area contributed by atoms with Gasteiger partial charge in [0.25, 0.3) is 0 Å². The second-order valence-electron chi connectivity index (χ2n) is 2.69. The quantitative estimate of drug-likeness (QED) is 0.762. The fourth-order valence-electron chi connectivity index (χ4n) is 1.07. The minimum atomic E-state index is 0.452. The molecule has 0 fully saturated rings. The van der Waals surface area contributed by atoms with Gasteiger partial charge in [-0.1, -0.05) is 23.2 Å². The van der Waals surface area contributed by atoms with Gasteiger partial charge < -0.3 is 5.73 Å². The molecule has 14 heavy (non-hydrogen) atoms. The van der Waals surface area contributed by atoms with Crippen LogP contribution < -0.4 is 5.73 Å². The van der Waals surface area contributed by atoms with Crippen LogP contribution in [0.4, 0.5) is 5.69 Å². The Labute approximate surface area is 90.3 Å². The van der Waals surface area contributed by atoms with Gasteiger partial charge in [-0.25, -0.2) is 0 Å². The molecule has 72 valence electrons. The Hall–Kier alpha value is -1.26. The average molecular weight is 229 g/mol. The minimum absolute atomic E-state index is 0.452. The van der Waals surface area contributed by atoms with Crippen LogP contribution in [0, 0.1) is 0 Å².